The van der Waals surface area contributed by atoms with Gasteiger partial charge in [0, 0.05) is 23.6 Å². The van der Waals surface area contributed by atoms with Gasteiger partial charge in [-0.25, -0.2) is 13.2 Å². The number of sulfonamides is 1. The molecule has 1 aliphatic heterocycles. The normalized spacial score (nSPS) is 20.1. The molecule has 2 heterocycles. The Morgan fingerprint density at radius 3 is 2.67 bits per heavy atom. The van der Waals surface area contributed by atoms with E-state index in [4.69, 9.17) is 0 Å². The Morgan fingerprint density at radius 1 is 1.38 bits per heavy atom. The molecule has 5 nitrogen and oxygen atoms in total. The third kappa shape index (κ3) is 3.44. The van der Waals surface area contributed by atoms with Crippen LogP contribution < -0.4 is 0 Å². The molecule has 0 radical (unpaired) electrons. The highest BCUT2D eigenvalue weighted by molar-refractivity contribution is 8.00. The maximum atomic E-state index is 12.8. The molecule has 1 saturated heterocycles. The van der Waals surface area contributed by atoms with Crippen molar-refractivity contribution >= 4 is 39.1 Å². The van der Waals surface area contributed by atoms with Gasteiger partial charge in [0.25, 0.3) is 0 Å². The van der Waals surface area contributed by atoms with Gasteiger partial charge < -0.3 is 5.11 Å². The Labute approximate surface area is 133 Å². The lowest BCUT2D eigenvalue weighted by atomic mass is 10.1. The van der Waals surface area contributed by atoms with E-state index < -0.39 is 16.0 Å². The van der Waals surface area contributed by atoms with E-state index in [0.29, 0.717) is 18.7 Å². The average molecular weight is 349 g/mol. The van der Waals surface area contributed by atoms with Crippen LogP contribution in [0.1, 0.15) is 35.5 Å². The zero-order valence-corrected chi connectivity index (χ0v) is 14.7. The number of rotatable bonds is 3. The second-order valence-electron chi connectivity index (χ2n) is 5.64. The third-order valence-corrected chi connectivity index (χ3v) is 8.18. The molecule has 1 N–H and O–H groups in total. The lowest BCUT2D eigenvalue weighted by molar-refractivity contribution is 0.0698. The van der Waals surface area contributed by atoms with E-state index in [1.807, 2.05) is 0 Å². The van der Waals surface area contributed by atoms with Crippen molar-refractivity contribution in [1.82, 2.24) is 4.31 Å². The van der Waals surface area contributed by atoms with Gasteiger partial charge >= 0.3 is 5.97 Å². The molecule has 21 heavy (non-hydrogen) atoms. The van der Waals surface area contributed by atoms with E-state index in [-0.39, 0.29) is 14.5 Å². The number of carbonyl (C=O) groups is 1. The zero-order chi connectivity index (χ0) is 15.8. The van der Waals surface area contributed by atoms with Gasteiger partial charge in [-0.1, -0.05) is 13.8 Å². The van der Waals surface area contributed by atoms with Gasteiger partial charge in [-0.05, 0) is 24.3 Å². The van der Waals surface area contributed by atoms with Crippen LogP contribution in [-0.4, -0.2) is 47.4 Å². The summed E-state index contributed by atoms with van der Waals surface area (Å²) < 4.78 is 27.1. The number of carboxylic acid groups (broad SMARTS) is 1. The summed E-state index contributed by atoms with van der Waals surface area (Å²) in [5.41, 5.74) is 0.508. The molecule has 8 heteroatoms. The minimum atomic E-state index is -3.75. The number of aryl methyl sites for hydroxylation is 1. The molecule has 2 rings (SSSR count). The van der Waals surface area contributed by atoms with Crippen molar-refractivity contribution in [2.45, 2.75) is 36.8 Å². The Kier molecular flexibility index (Phi) is 4.72. The van der Waals surface area contributed by atoms with Crippen LogP contribution in [0.4, 0.5) is 0 Å². The number of aromatic carboxylic acids is 1. The molecule has 1 fully saturated rings. The highest BCUT2D eigenvalue weighted by Gasteiger charge is 2.35. The lowest BCUT2D eigenvalue weighted by Gasteiger charge is -2.22. The summed E-state index contributed by atoms with van der Waals surface area (Å²) in [7, 11) is -3.75. The van der Waals surface area contributed by atoms with Crippen LogP contribution in [0.3, 0.4) is 0 Å². The van der Waals surface area contributed by atoms with Crippen LogP contribution in [0.15, 0.2) is 10.3 Å². The highest BCUT2D eigenvalue weighted by atomic mass is 32.2. The van der Waals surface area contributed by atoms with Crippen LogP contribution in [-0.2, 0) is 10.0 Å². The quantitative estimate of drug-likeness (QED) is 0.908. The van der Waals surface area contributed by atoms with Gasteiger partial charge in [0.1, 0.15) is 9.77 Å². The van der Waals surface area contributed by atoms with E-state index in [0.717, 1.165) is 23.5 Å². The average Bonchev–Trinajstić information content (AvgIpc) is 2.65. The third-order valence-electron chi connectivity index (χ3n) is 3.51. The molecule has 0 saturated carbocycles. The summed E-state index contributed by atoms with van der Waals surface area (Å²) in [6.07, 6.45) is 0.752. The number of nitrogens with zero attached hydrogens (tertiary/aromatic N) is 1. The van der Waals surface area contributed by atoms with Crippen molar-refractivity contribution in [3.8, 4) is 0 Å². The molecule has 0 bridgehead atoms. The molecule has 0 atom stereocenters. The Morgan fingerprint density at radius 2 is 2.05 bits per heavy atom. The Hall–Kier alpha value is -0.570. The van der Waals surface area contributed by atoms with Crippen molar-refractivity contribution in [3.05, 3.63) is 15.8 Å². The number of hydrogen-bond acceptors (Lipinski definition) is 5. The summed E-state index contributed by atoms with van der Waals surface area (Å²) in [5.74, 6) is -0.464. The summed E-state index contributed by atoms with van der Waals surface area (Å²) in [4.78, 5) is 11.1. The van der Waals surface area contributed by atoms with Crippen molar-refractivity contribution in [1.29, 1.82) is 0 Å². The molecular formula is C13H19NO4S3. The number of thioether (sulfide) groups is 1. The fourth-order valence-corrected chi connectivity index (χ4v) is 6.51. The zero-order valence-electron chi connectivity index (χ0n) is 12.2. The van der Waals surface area contributed by atoms with Crippen molar-refractivity contribution in [2.75, 3.05) is 18.8 Å². The van der Waals surface area contributed by atoms with Gasteiger partial charge in [0.2, 0.25) is 10.0 Å². The summed E-state index contributed by atoms with van der Waals surface area (Å²) in [6, 6.07) is 0. The molecule has 0 spiro atoms. The van der Waals surface area contributed by atoms with Crippen LogP contribution in [0.2, 0.25) is 0 Å². The minimum absolute atomic E-state index is 0.0373. The van der Waals surface area contributed by atoms with Gasteiger partial charge in [-0.2, -0.15) is 16.1 Å². The predicted octanol–water partition coefficient (Wildman–Crippen LogP) is 2.66. The maximum Gasteiger partial charge on any atom is 0.347 e. The fraction of sp³-hybridized carbons (Fsp3) is 0.615. The molecule has 1 aliphatic rings. The first-order chi connectivity index (χ1) is 9.65. The number of carboxylic acids is 1. The van der Waals surface area contributed by atoms with Crippen LogP contribution in [0.5, 0.6) is 0 Å². The molecule has 1 aromatic heterocycles. The number of hydrogen-bond donors (Lipinski definition) is 1. The minimum Gasteiger partial charge on any atom is -0.477 e. The summed E-state index contributed by atoms with van der Waals surface area (Å²) >= 11 is 2.72. The standard InChI is InChI=1S/C13H19NO4S3/c1-9-8-19-10(12(15)16)11(9)21(17,18)14-5-4-13(2,3)20-7-6-14/h8H,4-7H2,1-3H3,(H,15,16). The van der Waals surface area contributed by atoms with Crippen LogP contribution in [0.25, 0.3) is 0 Å². The molecule has 118 valence electrons. The van der Waals surface area contributed by atoms with Crippen molar-refractivity contribution in [3.63, 3.8) is 0 Å². The summed E-state index contributed by atoms with van der Waals surface area (Å²) in [6.45, 7) is 6.70. The monoisotopic (exact) mass is 349 g/mol. The van der Waals surface area contributed by atoms with Crippen molar-refractivity contribution < 1.29 is 18.3 Å². The second kappa shape index (κ2) is 5.91. The van der Waals surface area contributed by atoms with Gasteiger partial charge in [-0.3, -0.25) is 0 Å². The fourth-order valence-electron chi connectivity index (χ4n) is 2.27. The van der Waals surface area contributed by atoms with Crippen LogP contribution >= 0.6 is 23.1 Å². The van der Waals surface area contributed by atoms with Crippen LogP contribution in [0, 0.1) is 6.92 Å². The van der Waals surface area contributed by atoms with E-state index >= 15 is 0 Å². The lowest BCUT2D eigenvalue weighted by Crippen LogP contribution is -2.34. The van der Waals surface area contributed by atoms with Gasteiger partial charge in [-0.15, -0.1) is 11.3 Å². The molecule has 1 aromatic rings. The van der Waals surface area contributed by atoms with E-state index in [1.54, 1.807) is 24.1 Å². The largest absolute Gasteiger partial charge is 0.477 e. The predicted molar refractivity (Wildman–Crippen MR) is 85.9 cm³/mol. The van der Waals surface area contributed by atoms with Crippen molar-refractivity contribution in [2.24, 2.45) is 0 Å². The molecule has 0 aliphatic carbocycles. The van der Waals surface area contributed by atoms with Gasteiger partial charge in [0.15, 0.2) is 0 Å². The first-order valence-electron chi connectivity index (χ1n) is 6.61. The Balaban J connectivity index is 2.39. The van der Waals surface area contributed by atoms with E-state index in [2.05, 4.69) is 13.8 Å². The van der Waals surface area contributed by atoms with E-state index in [9.17, 15) is 18.3 Å². The topological polar surface area (TPSA) is 74.7 Å². The Bertz CT molecular complexity index is 648. The van der Waals surface area contributed by atoms with E-state index in [1.165, 1.54) is 4.31 Å². The molecule has 0 unspecified atom stereocenters. The number of thiophene rings is 1. The smallest absolute Gasteiger partial charge is 0.347 e. The molecule has 0 amide bonds. The first kappa shape index (κ1) is 16.8. The molecule has 0 aromatic carbocycles. The summed E-state index contributed by atoms with van der Waals surface area (Å²) in [5, 5.41) is 10.8. The maximum absolute atomic E-state index is 12.8. The van der Waals surface area contributed by atoms with Gasteiger partial charge in [0.05, 0.1) is 0 Å². The first-order valence-corrected chi connectivity index (χ1v) is 9.91. The molecular weight excluding hydrogens is 330 g/mol. The second-order valence-corrected chi connectivity index (χ2v) is 10.2. The SMILES string of the molecule is Cc1csc(C(=O)O)c1S(=O)(=O)N1CCSC(C)(C)CC1. The highest BCUT2D eigenvalue weighted by Crippen LogP contribution is 2.35.